The van der Waals surface area contributed by atoms with E-state index in [9.17, 15) is 8.78 Å². The fraction of sp³-hybridized carbons (Fsp3) is 0.0769. The van der Waals surface area contributed by atoms with Crippen LogP contribution < -0.4 is 15.8 Å². The summed E-state index contributed by atoms with van der Waals surface area (Å²) in [5.74, 6) is -1.50. The monoisotopic (exact) mass is 328 g/mol. The number of hydrogen-bond donors (Lipinski definition) is 2. The van der Waals surface area contributed by atoms with Gasteiger partial charge in [-0.25, -0.2) is 8.78 Å². The van der Waals surface area contributed by atoms with E-state index in [0.717, 1.165) is 10.5 Å². The van der Waals surface area contributed by atoms with E-state index in [1.807, 2.05) is 0 Å². The van der Waals surface area contributed by atoms with Crippen LogP contribution in [0.5, 0.6) is 5.75 Å². The Hall–Kier alpha value is -1.82. The van der Waals surface area contributed by atoms with Crippen LogP contribution in [0.1, 0.15) is 0 Å². The molecule has 0 bridgehead atoms. The molecule has 6 heteroatoms. The quantitative estimate of drug-likeness (QED) is 0.835. The Balaban J connectivity index is 2.47. The van der Waals surface area contributed by atoms with E-state index in [-0.39, 0.29) is 11.4 Å². The number of rotatable bonds is 3. The second kappa shape index (κ2) is 5.44. The van der Waals surface area contributed by atoms with E-state index in [2.05, 4.69) is 21.2 Å². The summed E-state index contributed by atoms with van der Waals surface area (Å²) >= 11 is 3.30. The van der Waals surface area contributed by atoms with Gasteiger partial charge in [-0.2, -0.15) is 0 Å². The summed E-state index contributed by atoms with van der Waals surface area (Å²) < 4.78 is 32.8. The normalized spacial score (nSPS) is 10.3. The maximum atomic E-state index is 13.7. The van der Waals surface area contributed by atoms with Gasteiger partial charge in [0.15, 0.2) is 11.6 Å². The molecular formula is C13H11BrF2N2O. The molecule has 0 aliphatic heterocycles. The second-order valence-corrected chi connectivity index (χ2v) is 4.71. The van der Waals surface area contributed by atoms with Crippen molar-refractivity contribution < 1.29 is 13.5 Å². The van der Waals surface area contributed by atoms with Gasteiger partial charge in [-0.3, -0.25) is 0 Å². The van der Waals surface area contributed by atoms with Gasteiger partial charge < -0.3 is 15.8 Å². The largest absolute Gasteiger partial charge is 0.495 e. The Kier molecular flexibility index (Phi) is 3.90. The van der Waals surface area contributed by atoms with Gasteiger partial charge in [0.25, 0.3) is 0 Å². The molecule has 0 fully saturated rings. The van der Waals surface area contributed by atoms with Crippen molar-refractivity contribution in [3.63, 3.8) is 0 Å². The Morgan fingerprint density at radius 2 is 1.95 bits per heavy atom. The summed E-state index contributed by atoms with van der Waals surface area (Å²) in [7, 11) is 1.49. The summed E-state index contributed by atoms with van der Waals surface area (Å²) in [4.78, 5) is 0. The standard InChI is InChI=1S/C13H11BrF2N2O/c1-19-11-5-2-7(14)6-10(11)18-13-9(17)4-3-8(15)12(13)16/h2-6,18H,17H2,1H3. The fourth-order valence-electron chi connectivity index (χ4n) is 1.61. The molecule has 0 radical (unpaired) electrons. The predicted octanol–water partition coefficient (Wildman–Crippen LogP) is 4.06. The number of nitrogens with one attached hydrogen (secondary N) is 1. The highest BCUT2D eigenvalue weighted by molar-refractivity contribution is 9.10. The highest BCUT2D eigenvalue weighted by Gasteiger charge is 2.14. The molecule has 3 N–H and O–H groups in total. The van der Waals surface area contributed by atoms with E-state index in [0.29, 0.717) is 11.4 Å². The third kappa shape index (κ3) is 2.78. The van der Waals surface area contributed by atoms with Gasteiger partial charge in [-0.15, -0.1) is 0 Å². The highest BCUT2D eigenvalue weighted by atomic mass is 79.9. The molecule has 0 atom stereocenters. The van der Waals surface area contributed by atoms with E-state index >= 15 is 0 Å². The van der Waals surface area contributed by atoms with Crippen LogP contribution in [-0.4, -0.2) is 7.11 Å². The van der Waals surface area contributed by atoms with Crippen LogP contribution in [0.4, 0.5) is 25.8 Å². The maximum Gasteiger partial charge on any atom is 0.184 e. The molecule has 2 aromatic carbocycles. The molecule has 0 aromatic heterocycles. The number of benzene rings is 2. The van der Waals surface area contributed by atoms with Crippen molar-refractivity contribution in [2.75, 3.05) is 18.2 Å². The van der Waals surface area contributed by atoms with Crippen LogP contribution in [0.2, 0.25) is 0 Å². The molecule has 0 aliphatic carbocycles. The molecule has 19 heavy (non-hydrogen) atoms. The van der Waals surface area contributed by atoms with E-state index in [1.54, 1.807) is 18.2 Å². The summed E-state index contributed by atoms with van der Waals surface area (Å²) in [6, 6.07) is 7.43. The zero-order valence-electron chi connectivity index (χ0n) is 10.0. The lowest BCUT2D eigenvalue weighted by atomic mass is 10.2. The van der Waals surface area contributed by atoms with Crippen LogP contribution in [0.15, 0.2) is 34.8 Å². The highest BCUT2D eigenvalue weighted by Crippen LogP contribution is 2.34. The van der Waals surface area contributed by atoms with Crippen molar-refractivity contribution in [3.05, 3.63) is 46.4 Å². The SMILES string of the molecule is COc1ccc(Br)cc1Nc1c(N)ccc(F)c1F. The minimum atomic E-state index is -1.03. The average Bonchev–Trinajstić information content (AvgIpc) is 2.39. The first-order valence-corrected chi connectivity index (χ1v) is 6.16. The lowest BCUT2D eigenvalue weighted by Crippen LogP contribution is -2.02. The van der Waals surface area contributed by atoms with Crippen molar-refractivity contribution >= 4 is 33.0 Å². The van der Waals surface area contributed by atoms with E-state index < -0.39 is 11.6 Å². The van der Waals surface area contributed by atoms with Crippen molar-refractivity contribution in [2.45, 2.75) is 0 Å². The van der Waals surface area contributed by atoms with Gasteiger partial charge in [-0.1, -0.05) is 15.9 Å². The zero-order valence-corrected chi connectivity index (χ0v) is 11.6. The van der Waals surface area contributed by atoms with Gasteiger partial charge in [0.05, 0.1) is 18.5 Å². The van der Waals surface area contributed by atoms with E-state index in [1.165, 1.54) is 13.2 Å². The fourth-order valence-corrected chi connectivity index (χ4v) is 1.97. The summed E-state index contributed by atoms with van der Waals surface area (Å²) in [5, 5.41) is 2.75. The lowest BCUT2D eigenvalue weighted by molar-refractivity contribution is 0.416. The molecule has 0 saturated heterocycles. The Bertz CT molecular complexity index is 620. The molecule has 0 unspecified atom stereocenters. The molecule has 0 spiro atoms. The molecule has 0 heterocycles. The minimum absolute atomic E-state index is 0.112. The van der Waals surface area contributed by atoms with Gasteiger partial charge in [0.2, 0.25) is 0 Å². The van der Waals surface area contributed by atoms with Crippen LogP contribution in [0, 0.1) is 11.6 Å². The molecular weight excluding hydrogens is 318 g/mol. The maximum absolute atomic E-state index is 13.7. The van der Waals surface area contributed by atoms with Crippen molar-refractivity contribution in [3.8, 4) is 5.75 Å². The molecule has 2 rings (SSSR count). The van der Waals surface area contributed by atoms with Crippen LogP contribution in [0.25, 0.3) is 0 Å². The first-order valence-electron chi connectivity index (χ1n) is 5.37. The van der Waals surface area contributed by atoms with Gasteiger partial charge >= 0.3 is 0 Å². The second-order valence-electron chi connectivity index (χ2n) is 3.80. The van der Waals surface area contributed by atoms with Gasteiger partial charge in [0, 0.05) is 4.47 Å². The lowest BCUT2D eigenvalue weighted by Gasteiger charge is -2.14. The van der Waals surface area contributed by atoms with Crippen LogP contribution >= 0.6 is 15.9 Å². The molecule has 100 valence electrons. The Labute approximate surface area is 117 Å². The summed E-state index contributed by atoms with van der Waals surface area (Å²) in [6.07, 6.45) is 0. The smallest absolute Gasteiger partial charge is 0.184 e. The zero-order chi connectivity index (χ0) is 14.0. The predicted molar refractivity (Wildman–Crippen MR) is 74.7 cm³/mol. The first kappa shape index (κ1) is 13.6. The van der Waals surface area contributed by atoms with Crippen molar-refractivity contribution in [1.82, 2.24) is 0 Å². The number of halogens is 3. The number of nitrogen functional groups attached to an aromatic ring is 1. The number of nitrogens with two attached hydrogens (primary N) is 1. The number of hydrogen-bond acceptors (Lipinski definition) is 3. The molecule has 0 aliphatic rings. The summed E-state index contributed by atoms with van der Waals surface area (Å²) in [6.45, 7) is 0. The third-order valence-electron chi connectivity index (χ3n) is 2.55. The topological polar surface area (TPSA) is 47.3 Å². The molecule has 0 saturated carbocycles. The van der Waals surface area contributed by atoms with Crippen molar-refractivity contribution in [2.24, 2.45) is 0 Å². The molecule has 2 aromatic rings. The summed E-state index contributed by atoms with van der Waals surface area (Å²) in [5.41, 5.74) is 6.12. The Morgan fingerprint density at radius 1 is 1.21 bits per heavy atom. The first-order chi connectivity index (χ1) is 9.02. The van der Waals surface area contributed by atoms with Crippen LogP contribution in [0.3, 0.4) is 0 Å². The third-order valence-corrected chi connectivity index (χ3v) is 3.04. The number of methoxy groups -OCH3 is 1. The van der Waals surface area contributed by atoms with Gasteiger partial charge in [0.1, 0.15) is 11.4 Å². The average molecular weight is 329 g/mol. The minimum Gasteiger partial charge on any atom is -0.495 e. The van der Waals surface area contributed by atoms with Crippen LogP contribution in [-0.2, 0) is 0 Å². The van der Waals surface area contributed by atoms with E-state index in [4.69, 9.17) is 10.5 Å². The van der Waals surface area contributed by atoms with Gasteiger partial charge in [-0.05, 0) is 30.3 Å². The number of anilines is 3. The number of ether oxygens (including phenoxy) is 1. The van der Waals surface area contributed by atoms with Crippen molar-refractivity contribution in [1.29, 1.82) is 0 Å². The Morgan fingerprint density at radius 3 is 2.63 bits per heavy atom. The molecule has 3 nitrogen and oxygen atoms in total. The molecule has 0 amide bonds.